The summed E-state index contributed by atoms with van der Waals surface area (Å²) in [7, 11) is -10.1. The van der Waals surface area contributed by atoms with E-state index in [-0.39, 0.29) is 31.1 Å². The molecular formula is C14H12F8O3S. The average molecular weight is 412 g/mol. The number of fused-ring (bicyclic) bond motifs is 1. The first kappa shape index (κ1) is 20.3. The van der Waals surface area contributed by atoms with Crippen LogP contribution >= 0.6 is 10.2 Å². The van der Waals surface area contributed by atoms with Gasteiger partial charge in [0.1, 0.15) is 10.6 Å². The van der Waals surface area contributed by atoms with Gasteiger partial charge < -0.3 is 9.84 Å². The first-order valence-corrected chi connectivity index (χ1v) is 8.98. The van der Waals surface area contributed by atoms with Gasteiger partial charge in [0.25, 0.3) is 0 Å². The highest BCUT2D eigenvalue weighted by atomic mass is 32.5. The van der Waals surface area contributed by atoms with E-state index in [2.05, 4.69) is 4.74 Å². The highest BCUT2D eigenvalue weighted by Crippen LogP contribution is 3.02. The zero-order valence-corrected chi connectivity index (χ0v) is 13.7. The van der Waals surface area contributed by atoms with E-state index in [1.165, 1.54) is 6.92 Å². The number of carbonyl (C=O) groups is 1. The van der Waals surface area contributed by atoms with E-state index in [1.807, 2.05) is 0 Å². The second kappa shape index (κ2) is 5.27. The molecule has 1 aromatic rings. The lowest BCUT2D eigenvalue weighted by atomic mass is 9.97. The molecule has 0 aliphatic carbocycles. The van der Waals surface area contributed by atoms with Crippen LogP contribution in [0.15, 0.2) is 22.6 Å². The van der Waals surface area contributed by atoms with E-state index in [0.29, 0.717) is 0 Å². The van der Waals surface area contributed by atoms with Crippen LogP contribution in [0.5, 0.6) is 5.75 Å². The Bertz CT molecular complexity index is 795. The van der Waals surface area contributed by atoms with Crippen molar-refractivity contribution < 1.29 is 47.2 Å². The van der Waals surface area contributed by atoms with Crippen LogP contribution in [0.1, 0.15) is 24.5 Å². The molecule has 0 fully saturated rings. The summed E-state index contributed by atoms with van der Waals surface area (Å²) in [6.45, 7) is 1.47. The van der Waals surface area contributed by atoms with Crippen LogP contribution < -0.4 is 4.74 Å². The normalized spacial score (nSPS) is 20.3. The Labute approximate surface area is 142 Å². The van der Waals surface area contributed by atoms with Crippen molar-refractivity contribution in [1.29, 1.82) is 0 Å². The Kier molecular flexibility index (Phi) is 4.12. The number of hydrogen-bond donors (Lipinski definition) is 1. The number of halogens is 8. The van der Waals surface area contributed by atoms with Gasteiger partial charge in [-0.1, -0.05) is 32.8 Å². The third-order valence-corrected chi connectivity index (χ3v) is 4.63. The minimum absolute atomic E-state index is 0.0525. The smallest absolute Gasteiger partial charge is 0.430 e. The molecule has 0 amide bonds. The molecule has 0 saturated carbocycles. The second-order valence-corrected chi connectivity index (χ2v) is 8.07. The van der Waals surface area contributed by atoms with Crippen molar-refractivity contribution in [2.45, 2.75) is 36.9 Å². The van der Waals surface area contributed by atoms with E-state index in [0.717, 1.165) is 0 Å². The Morgan fingerprint density at radius 3 is 2.19 bits per heavy atom. The Hall–Kier alpha value is -1.98. The molecule has 1 atom stereocenters. The number of alkyl halides is 3. The van der Waals surface area contributed by atoms with E-state index in [1.54, 1.807) is 0 Å². The third-order valence-electron chi connectivity index (χ3n) is 3.51. The summed E-state index contributed by atoms with van der Waals surface area (Å²) in [6, 6.07) is -0.0392. The molecule has 3 nitrogen and oxygen atoms in total. The summed E-state index contributed by atoms with van der Waals surface area (Å²) in [4.78, 5) is 8.71. The van der Waals surface area contributed by atoms with Gasteiger partial charge in [-0.3, -0.25) is 0 Å². The fourth-order valence-corrected chi connectivity index (χ4v) is 3.17. The van der Waals surface area contributed by atoms with Gasteiger partial charge in [-0.2, -0.15) is 13.2 Å². The van der Waals surface area contributed by atoms with Crippen molar-refractivity contribution in [2.75, 3.05) is 0 Å². The molecular weight excluding hydrogens is 400 g/mol. The summed E-state index contributed by atoms with van der Waals surface area (Å²) in [5.41, 5.74) is -2.70. The van der Waals surface area contributed by atoms with Gasteiger partial charge in [0.2, 0.25) is 6.10 Å². The van der Waals surface area contributed by atoms with Gasteiger partial charge in [-0.25, -0.2) is 4.79 Å². The SMILES string of the molecule is CCCc1cc(S(F)(F)(F)(F)F)cc2c1OC(C(F)(F)F)C(C(=O)O)=C2. The molecule has 1 aromatic carbocycles. The molecule has 0 aromatic heterocycles. The maximum absolute atomic E-state index is 13.1. The van der Waals surface area contributed by atoms with E-state index < -0.39 is 55.8 Å². The van der Waals surface area contributed by atoms with Crippen LogP contribution in [0, 0.1) is 0 Å². The molecule has 0 spiro atoms. The van der Waals surface area contributed by atoms with E-state index in [9.17, 15) is 37.4 Å². The van der Waals surface area contributed by atoms with Crippen molar-refractivity contribution >= 4 is 22.3 Å². The summed E-state index contributed by atoms with van der Waals surface area (Å²) < 4.78 is 109. The van der Waals surface area contributed by atoms with Crippen molar-refractivity contribution in [3.8, 4) is 5.75 Å². The molecule has 0 bridgehead atoms. The highest BCUT2D eigenvalue weighted by Gasteiger charge is 2.65. The largest absolute Gasteiger partial charge is 0.478 e. The predicted molar refractivity (Wildman–Crippen MR) is 77.9 cm³/mol. The molecule has 12 heteroatoms. The van der Waals surface area contributed by atoms with Gasteiger partial charge in [0.05, 0.1) is 5.57 Å². The molecule has 1 aliphatic heterocycles. The van der Waals surface area contributed by atoms with Crippen LogP contribution in [0.4, 0.5) is 32.6 Å². The van der Waals surface area contributed by atoms with E-state index >= 15 is 0 Å². The summed E-state index contributed by atoms with van der Waals surface area (Å²) in [5.74, 6) is -2.78. The van der Waals surface area contributed by atoms with Crippen molar-refractivity contribution in [2.24, 2.45) is 0 Å². The number of aliphatic carboxylic acids is 1. The van der Waals surface area contributed by atoms with Crippen LogP contribution in [0.2, 0.25) is 0 Å². The quantitative estimate of drug-likeness (QED) is 0.609. The standard InChI is InChI=1S/C14H12F8O3S/c1-2-3-7-4-9(26(18,19,20,21)22)5-8-6-10(13(23)24)12(14(15,16)17)25-11(7)8/h4-6,12H,2-3H2,1H3,(H,23,24). The number of benzene rings is 1. The van der Waals surface area contributed by atoms with Crippen molar-refractivity contribution in [1.82, 2.24) is 0 Å². The lowest BCUT2D eigenvalue weighted by Crippen LogP contribution is -2.40. The number of aryl methyl sites for hydroxylation is 1. The number of carboxylic acids is 1. The third kappa shape index (κ3) is 4.05. The summed E-state index contributed by atoms with van der Waals surface area (Å²) in [5, 5.41) is 8.89. The molecule has 2 rings (SSSR count). The Morgan fingerprint density at radius 2 is 1.77 bits per heavy atom. The monoisotopic (exact) mass is 412 g/mol. The lowest BCUT2D eigenvalue weighted by Gasteiger charge is -2.41. The van der Waals surface area contributed by atoms with Crippen LogP contribution in [-0.2, 0) is 11.2 Å². The minimum Gasteiger partial charge on any atom is -0.478 e. The fourth-order valence-electron chi connectivity index (χ4n) is 2.45. The van der Waals surface area contributed by atoms with Gasteiger partial charge >= 0.3 is 22.4 Å². The Morgan fingerprint density at radius 1 is 1.19 bits per heavy atom. The second-order valence-electron chi connectivity index (χ2n) is 5.66. The first-order valence-electron chi connectivity index (χ1n) is 7.03. The number of ether oxygens (including phenoxy) is 1. The zero-order valence-electron chi connectivity index (χ0n) is 12.9. The molecule has 1 N–H and O–H groups in total. The Balaban J connectivity index is 2.79. The highest BCUT2D eigenvalue weighted by molar-refractivity contribution is 8.45. The molecule has 1 aliphatic rings. The molecule has 0 saturated heterocycles. The topological polar surface area (TPSA) is 46.5 Å². The minimum atomic E-state index is -10.1. The number of carboxylic acid groups (broad SMARTS) is 1. The van der Waals surface area contributed by atoms with Crippen molar-refractivity contribution in [3.05, 3.63) is 28.8 Å². The number of rotatable bonds is 4. The van der Waals surface area contributed by atoms with Crippen LogP contribution in [0.3, 0.4) is 0 Å². The van der Waals surface area contributed by atoms with Gasteiger partial charge in [0, 0.05) is 5.56 Å². The molecule has 148 valence electrons. The molecule has 26 heavy (non-hydrogen) atoms. The molecule has 1 unspecified atom stereocenters. The van der Waals surface area contributed by atoms with Crippen LogP contribution in [-0.4, -0.2) is 23.4 Å². The average Bonchev–Trinajstić information content (AvgIpc) is 2.42. The lowest BCUT2D eigenvalue weighted by molar-refractivity contribution is -0.187. The predicted octanol–water partition coefficient (Wildman–Crippen LogP) is 6.09. The maximum Gasteiger partial charge on any atom is 0.430 e. The number of hydrogen-bond acceptors (Lipinski definition) is 2. The van der Waals surface area contributed by atoms with Gasteiger partial charge in [0.15, 0.2) is 0 Å². The zero-order chi connectivity index (χ0) is 20.2. The molecule has 1 heterocycles. The van der Waals surface area contributed by atoms with E-state index in [4.69, 9.17) is 5.11 Å². The summed E-state index contributed by atoms with van der Waals surface area (Å²) in [6.07, 6.45) is -7.94. The molecule has 0 radical (unpaired) electrons. The first-order chi connectivity index (χ1) is 11.4. The van der Waals surface area contributed by atoms with Gasteiger partial charge in [-0.05, 0) is 30.2 Å². The maximum atomic E-state index is 13.1. The van der Waals surface area contributed by atoms with Crippen LogP contribution in [0.25, 0.3) is 6.08 Å². The van der Waals surface area contributed by atoms with Gasteiger partial charge in [-0.15, -0.1) is 0 Å². The summed E-state index contributed by atoms with van der Waals surface area (Å²) >= 11 is 0. The fraction of sp³-hybridized carbons (Fsp3) is 0.357. The van der Waals surface area contributed by atoms with Crippen molar-refractivity contribution in [3.63, 3.8) is 0 Å².